The SMILES string of the molecule is CNC(Cc1ccc(Br)cc1)c1cccc2c1OCCC2. The van der Waals surface area contributed by atoms with Gasteiger partial charge in [-0.05, 0) is 49.6 Å². The number of nitrogens with one attached hydrogen (secondary N) is 1. The third-order valence-corrected chi connectivity index (χ3v) is 4.57. The van der Waals surface area contributed by atoms with Crippen molar-refractivity contribution in [2.75, 3.05) is 13.7 Å². The van der Waals surface area contributed by atoms with Crippen molar-refractivity contribution in [1.29, 1.82) is 0 Å². The van der Waals surface area contributed by atoms with E-state index in [2.05, 4.69) is 63.7 Å². The highest BCUT2D eigenvalue weighted by atomic mass is 79.9. The van der Waals surface area contributed by atoms with Crippen LogP contribution in [0.3, 0.4) is 0 Å². The van der Waals surface area contributed by atoms with Crippen LogP contribution in [0.5, 0.6) is 5.75 Å². The summed E-state index contributed by atoms with van der Waals surface area (Å²) >= 11 is 3.49. The third kappa shape index (κ3) is 3.30. The highest BCUT2D eigenvalue weighted by molar-refractivity contribution is 9.10. The van der Waals surface area contributed by atoms with E-state index in [1.807, 2.05) is 7.05 Å². The standard InChI is InChI=1S/C18H20BrNO/c1-20-17(12-13-7-9-15(19)10-8-13)16-6-2-4-14-5-3-11-21-18(14)16/h2,4,6-10,17,20H,3,5,11-12H2,1H3. The number of hydrogen-bond acceptors (Lipinski definition) is 2. The van der Waals surface area contributed by atoms with Gasteiger partial charge in [0.25, 0.3) is 0 Å². The number of rotatable bonds is 4. The number of ether oxygens (including phenoxy) is 1. The van der Waals surface area contributed by atoms with Crippen molar-refractivity contribution in [3.8, 4) is 5.75 Å². The molecular formula is C18H20BrNO. The van der Waals surface area contributed by atoms with Gasteiger partial charge < -0.3 is 10.1 Å². The Morgan fingerprint density at radius 3 is 2.76 bits per heavy atom. The first kappa shape index (κ1) is 14.6. The molecule has 1 unspecified atom stereocenters. The van der Waals surface area contributed by atoms with E-state index >= 15 is 0 Å². The summed E-state index contributed by atoms with van der Waals surface area (Å²) in [5, 5.41) is 3.44. The predicted octanol–water partition coefficient (Wildman–Crippen LogP) is 4.28. The highest BCUT2D eigenvalue weighted by Gasteiger charge is 2.20. The number of fused-ring (bicyclic) bond motifs is 1. The highest BCUT2D eigenvalue weighted by Crippen LogP contribution is 2.34. The van der Waals surface area contributed by atoms with E-state index < -0.39 is 0 Å². The molecule has 2 aromatic rings. The average molecular weight is 346 g/mol. The van der Waals surface area contributed by atoms with Crippen LogP contribution in [-0.4, -0.2) is 13.7 Å². The molecule has 2 aromatic carbocycles. The molecule has 0 saturated heterocycles. The molecule has 110 valence electrons. The second kappa shape index (κ2) is 6.63. The number of para-hydroxylation sites is 1. The maximum absolute atomic E-state index is 5.95. The van der Waals surface area contributed by atoms with E-state index in [0.717, 1.165) is 36.1 Å². The molecule has 1 atom stereocenters. The van der Waals surface area contributed by atoms with E-state index in [4.69, 9.17) is 4.74 Å². The summed E-state index contributed by atoms with van der Waals surface area (Å²) in [5.74, 6) is 1.10. The van der Waals surface area contributed by atoms with Gasteiger partial charge in [-0.3, -0.25) is 0 Å². The number of benzene rings is 2. The minimum absolute atomic E-state index is 0.277. The van der Waals surface area contributed by atoms with E-state index in [1.54, 1.807) is 0 Å². The van der Waals surface area contributed by atoms with Gasteiger partial charge in [-0.1, -0.05) is 46.3 Å². The van der Waals surface area contributed by atoms with Gasteiger partial charge in [-0.25, -0.2) is 0 Å². The van der Waals surface area contributed by atoms with Gasteiger partial charge in [0.1, 0.15) is 5.75 Å². The molecule has 3 heteroatoms. The third-order valence-electron chi connectivity index (χ3n) is 4.04. The summed E-state index contributed by atoms with van der Waals surface area (Å²) in [6.45, 7) is 0.832. The van der Waals surface area contributed by atoms with Crippen molar-refractivity contribution in [2.24, 2.45) is 0 Å². The molecular weight excluding hydrogens is 326 g/mol. The minimum Gasteiger partial charge on any atom is -0.493 e. The quantitative estimate of drug-likeness (QED) is 0.892. The van der Waals surface area contributed by atoms with E-state index in [0.29, 0.717) is 0 Å². The Morgan fingerprint density at radius 2 is 2.00 bits per heavy atom. The maximum atomic E-state index is 5.95. The van der Waals surface area contributed by atoms with Crippen LogP contribution in [0.2, 0.25) is 0 Å². The molecule has 0 spiro atoms. The molecule has 1 aliphatic rings. The molecule has 2 nitrogen and oxygen atoms in total. The molecule has 0 aromatic heterocycles. The summed E-state index contributed by atoms with van der Waals surface area (Å²) < 4.78 is 7.06. The lowest BCUT2D eigenvalue weighted by Gasteiger charge is -2.25. The monoisotopic (exact) mass is 345 g/mol. The summed E-state index contributed by atoms with van der Waals surface area (Å²) in [6, 6.07) is 15.3. The predicted molar refractivity (Wildman–Crippen MR) is 89.9 cm³/mol. The van der Waals surface area contributed by atoms with E-state index in [1.165, 1.54) is 16.7 Å². The zero-order valence-corrected chi connectivity index (χ0v) is 13.8. The van der Waals surface area contributed by atoms with Crippen molar-refractivity contribution in [1.82, 2.24) is 5.32 Å². The fraction of sp³-hybridized carbons (Fsp3) is 0.333. The van der Waals surface area contributed by atoms with E-state index in [9.17, 15) is 0 Å². The van der Waals surface area contributed by atoms with Crippen molar-refractivity contribution in [3.63, 3.8) is 0 Å². The molecule has 21 heavy (non-hydrogen) atoms. The summed E-state index contributed by atoms with van der Waals surface area (Å²) in [4.78, 5) is 0. The summed E-state index contributed by atoms with van der Waals surface area (Å²) in [6.07, 6.45) is 3.20. The number of halogens is 1. The van der Waals surface area contributed by atoms with Gasteiger partial charge in [0.2, 0.25) is 0 Å². The van der Waals surface area contributed by atoms with Crippen LogP contribution in [0, 0.1) is 0 Å². The average Bonchev–Trinajstić information content (AvgIpc) is 2.54. The Morgan fingerprint density at radius 1 is 1.19 bits per heavy atom. The number of aryl methyl sites for hydroxylation is 1. The minimum atomic E-state index is 0.277. The number of likely N-dealkylation sites (N-methyl/N-ethyl adjacent to an activating group) is 1. The lowest BCUT2D eigenvalue weighted by Crippen LogP contribution is -2.21. The van der Waals surface area contributed by atoms with Crippen LogP contribution in [0.25, 0.3) is 0 Å². The first-order valence-corrected chi connectivity index (χ1v) is 8.23. The fourth-order valence-electron chi connectivity index (χ4n) is 2.91. The van der Waals surface area contributed by atoms with Crippen LogP contribution >= 0.6 is 15.9 Å². The van der Waals surface area contributed by atoms with Gasteiger partial charge in [0.05, 0.1) is 6.61 Å². The van der Waals surface area contributed by atoms with Crippen LogP contribution in [0.1, 0.15) is 29.2 Å². The lowest BCUT2D eigenvalue weighted by atomic mass is 9.94. The molecule has 0 saturated carbocycles. The van der Waals surface area contributed by atoms with Crippen LogP contribution in [-0.2, 0) is 12.8 Å². The molecule has 0 aliphatic carbocycles. The van der Waals surface area contributed by atoms with Crippen molar-refractivity contribution >= 4 is 15.9 Å². The lowest BCUT2D eigenvalue weighted by molar-refractivity contribution is 0.282. The van der Waals surface area contributed by atoms with Gasteiger partial charge in [0.15, 0.2) is 0 Å². The Labute approximate surface area is 134 Å². The number of hydrogen-bond donors (Lipinski definition) is 1. The molecule has 0 amide bonds. The van der Waals surface area contributed by atoms with Crippen molar-refractivity contribution in [2.45, 2.75) is 25.3 Å². The van der Waals surface area contributed by atoms with Crippen LogP contribution in [0.4, 0.5) is 0 Å². The zero-order valence-electron chi connectivity index (χ0n) is 12.2. The Kier molecular flexibility index (Phi) is 4.61. The molecule has 1 N–H and O–H groups in total. The first-order valence-electron chi connectivity index (χ1n) is 7.44. The molecule has 1 aliphatic heterocycles. The van der Waals surface area contributed by atoms with E-state index in [-0.39, 0.29) is 6.04 Å². The second-order valence-corrected chi connectivity index (χ2v) is 6.38. The first-order chi connectivity index (χ1) is 10.3. The van der Waals surface area contributed by atoms with Gasteiger partial charge in [-0.2, -0.15) is 0 Å². The Balaban J connectivity index is 1.88. The van der Waals surface area contributed by atoms with Gasteiger partial charge in [0, 0.05) is 16.1 Å². The zero-order chi connectivity index (χ0) is 14.7. The molecule has 3 rings (SSSR count). The Hall–Kier alpha value is -1.32. The molecule has 0 bridgehead atoms. The van der Waals surface area contributed by atoms with Gasteiger partial charge in [-0.15, -0.1) is 0 Å². The molecule has 0 fully saturated rings. The normalized spacial score (nSPS) is 15.1. The maximum Gasteiger partial charge on any atom is 0.127 e. The van der Waals surface area contributed by atoms with Crippen molar-refractivity contribution < 1.29 is 4.74 Å². The molecule has 0 radical (unpaired) electrons. The molecule has 1 heterocycles. The summed E-state index contributed by atoms with van der Waals surface area (Å²) in [7, 11) is 2.02. The Bertz CT molecular complexity index is 609. The van der Waals surface area contributed by atoms with Crippen LogP contribution < -0.4 is 10.1 Å². The second-order valence-electron chi connectivity index (χ2n) is 5.46. The van der Waals surface area contributed by atoms with Crippen molar-refractivity contribution in [3.05, 3.63) is 63.6 Å². The topological polar surface area (TPSA) is 21.3 Å². The fourth-order valence-corrected chi connectivity index (χ4v) is 3.18. The largest absolute Gasteiger partial charge is 0.493 e. The van der Waals surface area contributed by atoms with Gasteiger partial charge >= 0.3 is 0 Å². The smallest absolute Gasteiger partial charge is 0.127 e. The summed E-state index contributed by atoms with van der Waals surface area (Å²) in [5.41, 5.74) is 3.94. The van der Waals surface area contributed by atoms with Crippen LogP contribution in [0.15, 0.2) is 46.9 Å².